The maximum absolute atomic E-state index is 9.15. The molecule has 0 atom stereocenters. The molecule has 3 heterocycles. The number of nitrogens with one attached hydrogen (secondary N) is 1. The zero-order valence-corrected chi connectivity index (χ0v) is 12.7. The minimum Gasteiger partial charge on any atom is -0.369 e. The second-order valence-corrected chi connectivity index (χ2v) is 6.00. The third-order valence-corrected chi connectivity index (χ3v) is 4.75. The van der Waals surface area contributed by atoms with Gasteiger partial charge in [-0.25, -0.2) is 0 Å². The van der Waals surface area contributed by atoms with Gasteiger partial charge in [0.05, 0.1) is 34.8 Å². The van der Waals surface area contributed by atoms with Crippen LogP contribution in [0.4, 0.5) is 5.69 Å². The van der Waals surface area contributed by atoms with Crippen molar-refractivity contribution in [3.8, 4) is 6.07 Å². The summed E-state index contributed by atoms with van der Waals surface area (Å²) in [5.41, 5.74) is 2.16. The minimum absolute atomic E-state index is 0.331. The normalized spacial score (nSPS) is 20.6. The number of hydrogen-bond donors (Lipinski definition) is 1. The fourth-order valence-corrected chi connectivity index (χ4v) is 3.54. The number of fused-ring (bicyclic) bond motifs is 1. The lowest BCUT2D eigenvalue weighted by Crippen LogP contribution is -2.45. The Labute approximate surface area is 132 Å². The van der Waals surface area contributed by atoms with Gasteiger partial charge in [0.25, 0.3) is 0 Å². The highest BCUT2D eigenvalue weighted by Gasteiger charge is 2.40. The van der Waals surface area contributed by atoms with Crippen LogP contribution in [-0.4, -0.2) is 42.3 Å². The molecule has 2 fully saturated rings. The Bertz CT molecular complexity index is 751. The van der Waals surface area contributed by atoms with Gasteiger partial charge in [0, 0.05) is 25.9 Å². The Hall–Kier alpha value is -1.81. The van der Waals surface area contributed by atoms with Gasteiger partial charge in [-0.2, -0.15) is 10.4 Å². The Kier molecular flexibility index (Phi) is 3.22. The summed E-state index contributed by atoms with van der Waals surface area (Å²) >= 11 is 6.22. The third kappa shape index (κ3) is 2.05. The lowest BCUT2D eigenvalue weighted by Gasteiger charge is -2.38. The maximum atomic E-state index is 9.15. The predicted molar refractivity (Wildman–Crippen MR) is 81.9 cm³/mol. The van der Waals surface area contributed by atoms with Crippen molar-refractivity contribution in [3.63, 3.8) is 0 Å². The van der Waals surface area contributed by atoms with Crippen LogP contribution >= 0.6 is 11.6 Å². The molecule has 0 radical (unpaired) electrons. The fourth-order valence-electron chi connectivity index (χ4n) is 3.30. The van der Waals surface area contributed by atoms with E-state index in [1.807, 2.05) is 12.1 Å². The Morgan fingerprint density at radius 3 is 2.68 bits per heavy atom. The SMILES string of the molecule is N#Cc1n[nH]c2c(N3CCC4(CC3)OCCO4)ccc(Cl)c12. The first kappa shape index (κ1) is 13.8. The predicted octanol–water partition coefficient (Wildman–Crippen LogP) is 2.43. The van der Waals surface area contributed by atoms with Crippen LogP contribution in [0, 0.1) is 11.3 Å². The summed E-state index contributed by atoms with van der Waals surface area (Å²) < 4.78 is 11.5. The highest BCUT2D eigenvalue weighted by atomic mass is 35.5. The van der Waals surface area contributed by atoms with Gasteiger partial charge in [-0.15, -0.1) is 0 Å². The van der Waals surface area contributed by atoms with Crippen molar-refractivity contribution in [2.45, 2.75) is 18.6 Å². The van der Waals surface area contributed by atoms with Crippen molar-refractivity contribution in [2.75, 3.05) is 31.2 Å². The van der Waals surface area contributed by atoms with E-state index in [0.717, 1.165) is 37.1 Å². The molecule has 0 aliphatic carbocycles. The Morgan fingerprint density at radius 2 is 2.00 bits per heavy atom. The second-order valence-electron chi connectivity index (χ2n) is 5.60. The van der Waals surface area contributed by atoms with E-state index in [2.05, 4.69) is 21.2 Å². The number of H-pyrrole nitrogens is 1. The summed E-state index contributed by atoms with van der Waals surface area (Å²) in [4.78, 5) is 2.26. The minimum atomic E-state index is -0.395. The molecule has 1 spiro atoms. The molecule has 0 unspecified atom stereocenters. The van der Waals surface area contributed by atoms with E-state index in [9.17, 15) is 0 Å². The highest BCUT2D eigenvalue weighted by Crippen LogP contribution is 2.37. The quantitative estimate of drug-likeness (QED) is 0.874. The molecule has 2 aliphatic heterocycles. The largest absolute Gasteiger partial charge is 0.369 e. The van der Waals surface area contributed by atoms with Crippen molar-refractivity contribution in [1.29, 1.82) is 5.26 Å². The topological polar surface area (TPSA) is 74.2 Å². The molecule has 7 heteroatoms. The average Bonchev–Trinajstić information content (AvgIpc) is 3.17. The van der Waals surface area contributed by atoms with E-state index in [1.165, 1.54) is 0 Å². The molecule has 0 saturated carbocycles. The molecular weight excluding hydrogens is 304 g/mol. The number of nitrogens with zero attached hydrogens (tertiary/aromatic N) is 3. The molecule has 2 aliphatic rings. The molecule has 6 nitrogen and oxygen atoms in total. The summed E-state index contributed by atoms with van der Waals surface area (Å²) in [6.07, 6.45) is 1.66. The van der Waals surface area contributed by atoms with Crippen molar-refractivity contribution < 1.29 is 9.47 Å². The number of rotatable bonds is 1. The number of anilines is 1. The Morgan fingerprint density at radius 1 is 1.27 bits per heavy atom. The molecular formula is C15H15ClN4O2. The molecule has 2 aromatic rings. The van der Waals surface area contributed by atoms with E-state index in [4.69, 9.17) is 26.3 Å². The number of halogens is 1. The standard InChI is InChI=1S/C15H15ClN4O2/c16-10-1-2-12(14-13(10)11(9-17)18-19-14)20-5-3-15(4-6-20)21-7-8-22-15/h1-2H,3-8H2,(H,18,19). The first-order valence-electron chi connectivity index (χ1n) is 7.32. The van der Waals surface area contributed by atoms with E-state index in [0.29, 0.717) is 29.3 Å². The van der Waals surface area contributed by atoms with Gasteiger partial charge in [0.2, 0.25) is 0 Å². The van der Waals surface area contributed by atoms with Crippen LogP contribution < -0.4 is 4.90 Å². The molecule has 1 aromatic heterocycles. The monoisotopic (exact) mass is 318 g/mol. The number of ether oxygens (including phenoxy) is 2. The summed E-state index contributed by atoms with van der Waals surface area (Å²) in [6.45, 7) is 3.02. The van der Waals surface area contributed by atoms with Gasteiger partial charge >= 0.3 is 0 Å². The lowest BCUT2D eigenvalue weighted by atomic mass is 10.0. The molecule has 0 amide bonds. The summed E-state index contributed by atoms with van der Waals surface area (Å²) in [6, 6.07) is 5.87. The molecule has 4 rings (SSSR count). The van der Waals surface area contributed by atoms with Crippen LogP contribution in [0.3, 0.4) is 0 Å². The molecule has 0 bridgehead atoms. The van der Waals surface area contributed by atoms with E-state index in [-0.39, 0.29) is 0 Å². The second kappa shape index (κ2) is 5.13. The summed E-state index contributed by atoms with van der Waals surface area (Å²) in [5, 5.41) is 17.4. The number of benzene rings is 1. The maximum Gasteiger partial charge on any atom is 0.171 e. The van der Waals surface area contributed by atoms with Crippen LogP contribution in [-0.2, 0) is 9.47 Å². The van der Waals surface area contributed by atoms with Crippen LogP contribution in [0.15, 0.2) is 12.1 Å². The van der Waals surface area contributed by atoms with Crippen LogP contribution in [0.2, 0.25) is 5.02 Å². The van der Waals surface area contributed by atoms with Gasteiger partial charge in [-0.1, -0.05) is 11.6 Å². The zero-order valence-electron chi connectivity index (χ0n) is 11.9. The average molecular weight is 319 g/mol. The van der Waals surface area contributed by atoms with Crippen LogP contribution in [0.25, 0.3) is 10.9 Å². The highest BCUT2D eigenvalue weighted by molar-refractivity contribution is 6.36. The van der Waals surface area contributed by atoms with Gasteiger partial charge < -0.3 is 14.4 Å². The van der Waals surface area contributed by atoms with Gasteiger partial charge in [-0.3, -0.25) is 5.10 Å². The van der Waals surface area contributed by atoms with Gasteiger partial charge in [0.15, 0.2) is 11.5 Å². The van der Waals surface area contributed by atoms with Crippen molar-refractivity contribution in [1.82, 2.24) is 10.2 Å². The van der Waals surface area contributed by atoms with E-state index >= 15 is 0 Å². The van der Waals surface area contributed by atoms with Crippen LogP contribution in [0.5, 0.6) is 0 Å². The number of nitriles is 1. The van der Waals surface area contributed by atoms with Gasteiger partial charge in [-0.05, 0) is 12.1 Å². The van der Waals surface area contributed by atoms with Crippen molar-refractivity contribution in [2.24, 2.45) is 0 Å². The summed E-state index contributed by atoms with van der Waals surface area (Å²) in [5.74, 6) is -0.395. The zero-order chi connectivity index (χ0) is 15.2. The smallest absolute Gasteiger partial charge is 0.171 e. The van der Waals surface area contributed by atoms with E-state index in [1.54, 1.807) is 0 Å². The first-order chi connectivity index (χ1) is 10.7. The first-order valence-corrected chi connectivity index (χ1v) is 7.70. The fraction of sp³-hybridized carbons (Fsp3) is 0.467. The molecule has 1 aromatic carbocycles. The Balaban J connectivity index is 1.67. The molecule has 22 heavy (non-hydrogen) atoms. The number of aromatic nitrogens is 2. The number of aromatic amines is 1. The molecule has 2 saturated heterocycles. The van der Waals surface area contributed by atoms with Crippen molar-refractivity contribution >= 4 is 28.2 Å². The molecule has 114 valence electrons. The van der Waals surface area contributed by atoms with Crippen molar-refractivity contribution in [3.05, 3.63) is 22.8 Å². The summed E-state index contributed by atoms with van der Waals surface area (Å²) in [7, 11) is 0. The van der Waals surface area contributed by atoms with Crippen LogP contribution in [0.1, 0.15) is 18.5 Å². The third-order valence-electron chi connectivity index (χ3n) is 4.43. The number of piperidine rings is 1. The molecule has 1 N–H and O–H groups in total. The van der Waals surface area contributed by atoms with Gasteiger partial charge in [0.1, 0.15) is 6.07 Å². The van der Waals surface area contributed by atoms with E-state index < -0.39 is 5.79 Å². The lowest BCUT2D eigenvalue weighted by molar-refractivity contribution is -0.169. The number of hydrogen-bond acceptors (Lipinski definition) is 5.